The van der Waals surface area contributed by atoms with Crippen molar-refractivity contribution in [3.63, 3.8) is 0 Å². The third-order valence-corrected chi connectivity index (χ3v) is 4.68. The van der Waals surface area contributed by atoms with Crippen LogP contribution in [0.1, 0.15) is 53.4 Å². The zero-order valence-electron chi connectivity index (χ0n) is 12.1. The Labute approximate surface area is 119 Å². The molecule has 0 spiro atoms. The van der Waals surface area contributed by atoms with Crippen LogP contribution in [0.15, 0.2) is 0 Å². The molecule has 0 saturated carbocycles. The summed E-state index contributed by atoms with van der Waals surface area (Å²) in [7, 11) is 0. The smallest absolute Gasteiger partial charge is 0.410 e. The lowest BCUT2D eigenvalue weighted by molar-refractivity contribution is -0.109. The number of hydrogen-bond donors (Lipinski definition) is 0. The van der Waals surface area contributed by atoms with E-state index >= 15 is 0 Å². The fourth-order valence-electron chi connectivity index (χ4n) is 3.07. The summed E-state index contributed by atoms with van der Waals surface area (Å²) >= 11 is 1.43. The minimum Gasteiger partial charge on any atom is -0.444 e. The van der Waals surface area contributed by atoms with Crippen LogP contribution in [0.2, 0.25) is 0 Å². The molecule has 108 valence electrons. The fraction of sp³-hybridized carbons (Fsp3) is 0.857. The van der Waals surface area contributed by atoms with Crippen molar-refractivity contribution in [3.05, 3.63) is 0 Å². The number of hydrogen-bond acceptors (Lipinski definition) is 4. The molecule has 2 rings (SSSR count). The van der Waals surface area contributed by atoms with Gasteiger partial charge >= 0.3 is 6.09 Å². The predicted molar refractivity (Wildman–Crippen MR) is 76.2 cm³/mol. The van der Waals surface area contributed by atoms with Crippen LogP contribution >= 0.6 is 11.8 Å². The molecular formula is C14H23NO3S. The summed E-state index contributed by atoms with van der Waals surface area (Å²) in [5, 5.41) is 0.545. The van der Waals surface area contributed by atoms with E-state index in [1.807, 2.05) is 25.7 Å². The minimum atomic E-state index is -0.443. The Hall–Kier alpha value is -0.710. The summed E-state index contributed by atoms with van der Waals surface area (Å²) in [5.74, 6) is 0. The molecule has 0 aliphatic carbocycles. The van der Waals surface area contributed by atoms with Crippen molar-refractivity contribution in [1.82, 2.24) is 4.90 Å². The van der Waals surface area contributed by atoms with Gasteiger partial charge in [0, 0.05) is 24.3 Å². The van der Waals surface area contributed by atoms with Crippen LogP contribution in [0, 0.1) is 0 Å². The van der Waals surface area contributed by atoms with Gasteiger partial charge in [-0.3, -0.25) is 4.79 Å². The Morgan fingerprint density at radius 2 is 1.68 bits per heavy atom. The van der Waals surface area contributed by atoms with Crippen molar-refractivity contribution in [1.29, 1.82) is 0 Å². The quantitative estimate of drug-likeness (QED) is 0.742. The molecule has 2 aliphatic rings. The Balaban J connectivity index is 1.99. The first kappa shape index (κ1) is 14.7. The number of ether oxygens (including phenoxy) is 1. The molecule has 2 heterocycles. The molecule has 5 heteroatoms. The van der Waals surface area contributed by atoms with Crippen molar-refractivity contribution >= 4 is 23.0 Å². The van der Waals surface area contributed by atoms with Gasteiger partial charge in [-0.15, -0.1) is 0 Å². The van der Waals surface area contributed by atoms with Crippen LogP contribution in [0.5, 0.6) is 0 Å². The highest BCUT2D eigenvalue weighted by atomic mass is 32.2. The maximum atomic E-state index is 12.2. The van der Waals surface area contributed by atoms with Crippen molar-refractivity contribution in [3.8, 4) is 0 Å². The van der Waals surface area contributed by atoms with E-state index in [1.165, 1.54) is 11.8 Å². The third-order valence-electron chi connectivity index (χ3n) is 3.63. The van der Waals surface area contributed by atoms with E-state index in [0.29, 0.717) is 5.25 Å². The van der Waals surface area contributed by atoms with Crippen LogP contribution < -0.4 is 0 Å². The topological polar surface area (TPSA) is 46.6 Å². The Kier molecular flexibility index (Phi) is 4.14. The van der Waals surface area contributed by atoms with Gasteiger partial charge in [0.05, 0.1) is 0 Å². The maximum Gasteiger partial charge on any atom is 0.410 e. The fourth-order valence-corrected chi connectivity index (χ4v) is 4.18. The molecule has 2 aliphatic heterocycles. The Morgan fingerprint density at radius 1 is 1.16 bits per heavy atom. The molecule has 0 radical (unpaired) electrons. The molecule has 19 heavy (non-hydrogen) atoms. The Bertz CT molecular complexity index is 363. The molecule has 2 unspecified atom stereocenters. The molecule has 1 amide bonds. The van der Waals surface area contributed by atoms with Crippen molar-refractivity contribution < 1.29 is 14.3 Å². The summed E-state index contributed by atoms with van der Waals surface area (Å²) in [6.07, 6.45) is 3.73. The molecule has 2 bridgehead atoms. The molecular weight excluding hydrogens is 262 g/mol. The normalized spacial score (nSPS) is 30.3. The molecule has 2 fully saturated rings. The second-order valence-electron chi connectivity index (χ2n) is 6.48. The SMILES string of the molecule is CC(=O)SC1CC2CCC(C1)N2C(=O)OC(C)(C)C. The van der Waals surface area contributed by atoms with Gasteiger partial charge in [0.25, 0.3) is 0 Å². The minimum absolute atomic E-state index is 0.176. The van der Waals surface area contributed by atoms with E-state index in [1.54, 1.807) is 6.92 Å². The van der Waals surface area contributed by atoms with Gasteiger partial charge in [-0.1, -0.05) is 11.8 Å². The van der Waals surface area contributed by atoms with Crippen LogP contribution in [-0.2, 0) is 9.53 Å². The van der Waals surface area contributed by atoms with Gasteiger partial charge in [-0.05, 0) is 46.5 Å². The standard InChI is InChI=1S/C14H23NO3S/c1-9(16)19-12-7-10-5-6-11(8-12)15(10)13(17)18-14(2,3)4/h10-12H,5-8H2,1-4H3. The van der Waals surface area contributed by atoms with Gasteiger partial charge in [0.1, 0.15) is 5.60 Å². The van der Waals surface area contributed by atoms with Gasteiger partial charge < -0.3 is 9.64 Å². The zero-order chi connectivity index (χ0) is 14.2. The number of piperidine rings is 1. The van der Waals surface area contributed by atoms with Crippen LogP contribution in [-0.4, -0.2) is 39.0 Å². The van der Waals surface area contributed by atoms with Crippen LogP contribution in [0.3, 0.4) is 0 Å². The first-order valence-electron chi connectivity index (χ1n) is 6.95. The first-order chi connectivity index (χ1) is 8.76. The van der Waals surface area contributed by atoms with Gasteiger partial charge in [-0.2, -0.15) is 0 Å². The zero-order valence-corrected chi connectivity index (χ0v) is 13.0. The third kappa shape index (κ3) is 3.65. The van der Waals surface area contributed by atoms with Crippen LogP contribution in [0.4, 0.5) is 4.79 Å². The van der Waals surface area contributed by atoms with E-state index < -0.39 is 5.60 Å². The summed E-state index contributed by atoms with van der Waals surface area (Å²) in [6, 6.07) is 0.510. The maximum absolute atomic E-state index is 12.2. The Morgan fingerprint density at radius 3 is 2.11 bits per heavy atom. The number of thioether (sulfide) groups is 1. The summed E-state index contributed by atoms with van der Waals surface area (Å²) in [4.78, 5) is 25.4. The predicted octanol–water partition coefficient (Wildman–Crippen LogP) is 3.20. The summed E-state index contributed by atoms with van der Waals surface area (Å²) < 4.78 is 5.49. The number of amides is 1. The van der Waals surface area contributed by atoms with Gasteiger partial charge in [-0.25, -0.2) is 4.79 Å². The highest BCUT2D eigenvalue weighted by Gasteiger charge is 2.45. The van der Waals surface area contributed by atoms with E-state index in [2.05, 4.69) is 0 Å². The molecule has 0 aromatic carbocycles. The molecule has 2 saturated heterocycles. The lowest BCUT2D eigenvalue weighted by atomic mass is 10.0. The second kappa shape index (κ2) is 5.35. The van der Waals surface area contributed by atoms with Crippen LogP contribution in [0.25, 0.3) is 0 Å². The highest BCUT2D eigenvalue weighted by Crippen LogP contribution is 2.41. The van der Waals surface area contributed by atoms with Gasteiger partial charge in [0.15, 0.2) is 5.12 Å². The molecule has 2 atom stereocenters. The number of nitrogens with zero attached hydrogens (tertiary/aromatic N) is 1. The average Bonchev–Trinajstić information content (AvgIpc) is 2.47. The van der Waals surface area contributed by atoms with Crippen molar-refractivity contribution in [2.45, 2.75) is 76.3 Å². The molecule has 0 aromatic heterocycles. The summed E-state index contributed by atoms with van der Waals surface area (Å²) in [6.45, 7) is 7.30. The van der Waals surface area contributed by atoms with E-state index in [0.717, 1.165) is 25.7 Å². The largest absolute Gasteiger partial charge is 0.444 e. The number of rotatable bonds is 1. The lowest BCUT2D eigenvalue weighted by Crippen LogP contribution is -2.49. The van der Waals surface area contributed by atoms with Gasteiger partial charge in [0.2, 0.25) is 0 Å². The average molecular weight is 285 g/mol. The molecule has 0 N–H and O–H groups in total. The number of carbonyl (C=O) groups excluding carboxylic acids is 2. The number of carbonyl (C=O) groups is 2. The van der Waals surface area contributed by atoms with Crippen molar-refractivity contribution in [2.75, 3.05) is 0 Å². The monoisotopic (exact) mass is 285 g/mol. The highest BCUT2D eigenvalue weighted by molar-refractivity contribution is 8.14. The molecule has 0 aromatic rings. The van der Waals surface area contributed by atoms with Crippen molar-refractivity contribution in [2.24, 2.45) is 0 Å². The number of fused-ring (bicyclic) bond motifs is 2. The first-order valence-corrected chi connectivity index (χ1v) is 7.83. The van der Waals surface area contributed by atoms with E-state index in [4.69, 9.17) is 4.74 Å². The van der Waals surface area contributed by atoms with E-state index in [-0.39, 0.29) is 23.3 Å². The van der Waals surface area contributed by atoms with E-state index in [9.17, 15) is 9.59 Å². The second-order valence-corrected chi connectivity index (χ2v) is 7.95. The summed E-state index contributed by atoms with van der Waals surface area (Å²) in [5.41, 5.74) is -0.443. The molecule has 4 nitrogen and oxygen atoms in total. The lowest BCUT2D eigenvalue weighted by Gasteiger charge is -2.39.